The third-order valence-electron chi connectivity index (χ3n) is 2.37. The predicted molar refractivity (Wildman–Crippen MR) is 70.9 cm³/mol. The zero-order valence-electron chi connectivity index (χ0n) is 9.74. The van der Waals surface area contributed by atoms with Gasteiger partial charge >= 0.3 is 0 Å². The van der Waals surface area contributed by atoms with Gasteiger partial charge in [0.05, 0.1) is 13.2 Å². The summed E-state index contributed by atoms with van der Waals surface area (Å²) in [5.74, 6) is 0.570. The van der Waals surface area contributed by atoms with Crippen LogP contribution >= 0.6 is 12.2 Å². The number of morpholine rings is 1. The average Bonchev–Trinajstić information content (AvgIpc) is 2.46. The van der Waals surface area contributed by atoms with Gasteiger partial charge in [0.25, 0.3) is 0 Å². The zero-order valence-corrected chi connectivity index (χ0v) is 10.6. The number of hydrogen-bond donors (Lipinski definition) is 2. The van der Waals surface area contributed by atoms with Crippen LogP contribution in [-0.4, -0.2) is 52.1 Å². The van der Waals surface area contributed by atoms with Gasteiger partial charge in [0.1, 0.15) is 0 Å². The summed E-state index contributed by atoms with van der Waals surface area (Å²) in [6.45, 7) is 2.85. The topological polar surface area (TPSA) is 88.7 Å². The van der Waals surface area contributed by atoms with Crippen LogP contribution < -0.4 is 11.2 Å². The molecule has 2 rings (SSSR count). The first-order chi connectivity index (χ1) is 8.77. The molecular formula is C10H14N6OS. The summed E-state index contributed by atoms with van der Waals surface area (Å²) < 4.78 is 5.24. The van der Waals surface area contributed by atoms with Crippen LogP contribution in [0.5, 0.6) is 0 Å². The Labute approximate surface area is 110 Å². The van der Waals surface area contributed by atoms with Gasteiger partial charge < -0.3 is 15.4 Å². The van der Waals surface area contributed by atoms with E-state index in [4.69, 9.17) is 22.7 Å². The van der Waals surface area contributed by atoms with Crippen molar-refractivity contribution in [1.82, 2.24) is 20.3 Å². The number of nitrogens with two attached hydrogens (primary N) is 1. The van der Waals surface area contributed by atoms with E-state index in [1.165, 1.54) is 0 Å². The lowest BCUT2D eigenvalue weighted by Gasteiger charge is -2.28. The van der Waals surface area contributed by atoms with Gasteiger partial charge in [-0.15, -0.1) is 0 Å². The molecule has 8 heteroatoms. The van der Waals surface area contributed by atoms with Gasteiger partial charge in [-0.2, -0.15) is 5.10 Å². The van der Waals surface area contributed by atoms with Crippen LogP contribution in [0.2, 0.25) is 0 Å². The van der Waals surface area contributed by atoms with E-state index < -0.39 is 0 Å². The summed E-state index contributed by atoms with van der Waals surface area (Å²) >= 11 is 5.20. The number of rotatable bonds is 2. The van der Waals surface area contributed by atoms with E-state index in [2.05, 4.69) is 20.5 Å². The van der Waals surface area contributed by atoms with Crippen LogP contribution in [0.25, 0.3) is 0 Å². The van der Waals surface area contributed by atoms with E-state index in [-0.39, 0.29) is 5.84 Å². The first-order valence-corrected chi connectivity index (χ1v) is 5.91. The minimum atomic E-state index is 0.200. The molecule has 0 aliphatic carbocycles. The van der Waals surface area contributed by atoms with Gasteiger partial charge in [-0.05, 0) is 18.3 Å². The van der Waals surface area contributed by atoms with Gasteiger partial charge in [0.2, 0.25) is 0 Å². The minimum absolute atomic E-state index is 0.200. The molecule has 96 valence electrons. The fourth-order valence-electron chi connectivity index (χ4n) is 1.43. The summed E-state index contributed by atoms with van der Waals surface area (Å²) in [5, 5.41) is 4.49. The van der Waals surface area contributed by atoms with E-state index in [0.29, 0.717) is 24.2 Å². The van der Waals surface area contributed by atoms with Crippen molar-refractivity contribution in [2.45, 2.75) is 0 Å². The number of nitrogens with one attached hydrogen (secondary N) is 1. The van der Waals surface area contributed by atoms with Crippen LogP contribution in [0.15, 0.2) is 23.6 Å². The highest BCUT2D eigenvalue weighted by molar-refractivity contribution is 7.80. The maximum Gasteiger partial charge on any atom is 0.196 e. The molecule has 0 spiro atoms. The van der Waals surface area contributed by atoms with E-state index in [1.807, 2.05) is 4.90 Å². The van der Waals surface area contributed by atoms with E-state index in [1.54, 1.807) is 18.5 Å². The molecule has 3 N–H and O–H groups in total. The Bertz CT molecular complexity index is 431. The van der Waals surface area contributed by atoms with Crippen molar-refractivity contribution >= 4 is 23.2 Å². The van der Waals surface area contributed by atoms with Gasteiger partial charge in [0, 0.05) is 25.5 Å². The lowest BCUT2D eigenvalue weighted by atomic mass is 10.4. The maximum absolute atomic E-state index is 5.73. The van der Waals surface area contributed by atoms with Gasteiger partial charge in [0.15, 0.2) is 16.8 Å². The highest BCUT2D eigenvalue weighted by Crippen LogP contribution is 1.97. The molecule has 1 aromatic heterocycles. The predicted octanol–water partition coefficient (Wildman–Crippen LogP) is -0.696. The Kier molecular flexibility index (Phi) is 4.37. The fourth-order valence-corrected chi connectivity index (χ4v) is 1.65. The number of thiocarbonyl (C=S) groups is 1. The summed E-state index contributed by atoms with van der Waals surface area (Å²) in [7, 11) is 0. The van der Waals surface area contributed by atoms with Crippen molar-refractivity contribution in [1.29, 1.82) is 0 Å². The second-order valence-corrected chi connectivity index (χ2v) is 3.97. The zero-order chi connectivity index (χ0) is 12.8. The van der Waals surface area contributed by atoms with Crippen LogP contribution in [-0.2, 0) is 4.74 Å². The molecule has 0 aromatic carbocycles. The summed E-state index contributed by atoms with van der Waals surface area (Å²) in [6.07, 6.45) is 3.20. The maximum atomic E-state index is 5.73. The third-order valence-corrected chi connectivity index (χ3v) is 2.71. The Balaban J connectivity index is 1.91. The van der Waals surface area contributed by atoms with Crippen molar-refractivity contribution in [3.63, 3.8) is 0 Å². The molecule has 0 atom stereocenters. The average molecular weight is 266 g/mol. The Morgan fingerprint density at radius 2 is 2.06 bits per heavy atom. The molecule has 1 fully saturated rings. The smallest absolute Gasteiger partial charge is 0.196 e. The first-order valence-electron chi connectivity index (χ1n) is 5.50. The number of ether oxygens (including phenoxy) is 1. The van der Waals surface area contributed by atoms with Crippen LogP contribution in [0, 0.1) is 0 Å². The number of amidine groups is 1. The van der Waals surface area contributed by atoms with Crippen molar-refractivity contribution in [2.75, 3.05) is 26.3 Å². The molecule has 0 bridgehead atoms. The molecule has 2 heterocycles. The number of hydrogen-bond acceptors (Lipinski definition) is 5. The number of aromatic nitrogens is 2. The lowest BCUT2D eigenvalue weighted by molar-refractivity contribution is 0.0677. The largest absolute Gasteiger partial charge is 0.379 e. The van der Waals surface area contributed by atoms with Crippen LogP contribution in [0.1, 0.15) is 5.82 Å². The molecule has 1 aliphatic rings. The summed E-state index contributed by atoms with van der Waals surface area (Å²) in [4.78, 5) is 9.94. The van der Waals surface area contributed by atoms with Gasteiger partial charge in [-0.3, -0.25) is 5.43 Å². The van der Waals surface area contributed by atoms with Crippen LogP contribution in [0.3, 0.4) is 0 Å². The lowest BCUT2D eigenvalue weighted by Crippen LogP contribution is -2.45. The SMILES string of the molecule is N/C(=N\NC(=S)N1CCOCC1)c1ncccn1. The molecule has 1 aliphatic heterocycles. The Morgan fingerprint density at radius 1 is 1.39 bits per heavy atom. The Hall–Kier alpha value is -1.80. The number of nitrogens with zero attached hydrogens (tertiary/aromatic N) is 4. The molecule has 1 saturated heterocycles. The van der Waals surface area contributed by atoms with E-state index in [9.17, 15) is 0 Å². The minimum Gasteiger partial charge on any atom is -0.379 e. The van der Waals surface area contributed by atoms with Crippen molar-refractivity contribution in [2.24, 2.45) is 10.8 Å². The van der Waals surface area contributed by atoms with E-state index in [0.717, 1.165) is 13.1 Å². The molecular weight excluding hydrogens is 252 g/mol. The van der Waals surface area contributed by atoms with Gasteiger partial charge in [-0.25, -0.2) is 9.97 Å². The fraction of sp³-hybridized carbons (Fsp3) is 0.400. The summed E-state index contributed by atoms with van der Waals surface area (Å²) in [6, 6.07) is 1.71. The normalized spacial score (nSPS) is 16.4. The third kappa shape index (κ3) is 3.34. The molecule has 0 radical (unpaired) electrons. The number of hydrazone groups is 1. The molecule has 0 unspecified atom stereocenters. The van der Waals surface area contributed by atoms with E-state index >= 15 is 0 Å². The second-order valence-electron chi connectivity index (χ2n) is 3.59. The molecule has 1 aromatic rings. The van der Waals surface area contributed by atoms with Crippen molar-refractivity contribution < 1.29 is 4.74 Å². The summed E-state index contributed by atoms with van der Waals surface area (Å²) in [5.41, 5.74) is 8.47. The monoisotopic (exact) mass is 266 g/mol. The van der Waals surface area contributed by atoms with Crippen molar-refractivity contribution in [3.8, 4) is 0 Å². The second kappa shape index (κ2) is 6.22. The van der Waals surface area contributed by atoms with Gasteiger partial charge in [-0.1, -0.05) is 0 Å². The first kappa shape index (κ1) is 12.7. The standard InChI is InChI=1S/C10H14N6OS/c11-8(9-12-2-1-3-13-9)14-15-10(18)16-4-6-17-7-5-16/h1-3H,4-7H2,(H2,11,14)(H,15,18). The highest BCUT2D eigenvalue weighted by atomic mass is 32.1. The Morgan fingerprint density at radius 3 is 2.72 bits per heavy atom. The molecule has 18 heavy (non-hydrogen) atoms. The quantitative estimate of drug-likeness (QED) is 0.317. The molecule has 0 amide bonds. The van der Waals surface area contributed by atoms with Crippen LogP contribution in [0.4, 0.5) is 0 Å². The molecule has 7 nitrogen and oxygen atoms in total. The highest BCUT2D eigenvalue weighted by Gasteiger charge is 2.13. The molecule has 0 saturated carbocycles. The van der Waals surface area contributed by atoms with Crippen molar-refractivity contribution in [3.05, 3.63) is 24.3 Å².